The number of halogens is 1. The number of hydrogen-bond donors (Lipinski definition) is 2. The first-order valence-electron chi connectivity index (χ1n) is 16.9. The van der Waals surface area contributed by atoms with Gasteiger partial charge in [0.05, 0.1) is 43.2 Å². The maximum Gasteiger partial charge on any atom is 0.313 e. The number of rotatable bonds is 17. The zero-order valence-corrected chi connectivity index (χ0v) is 30.1. The van der Waals surface area contributed by atoms with Crippen molar-refractivity contribution in [3.8, 4) is 0 Å². The second kappa shape index (κ2) is 16.5. The van der Waals surface area contributed by atoms with Crippen LogP contribution in [0.2, 0.25) is 0 Å². The summed E-state index contributed by atoms with van der Waals surface area (Å²) in [5.41, 5.74) is 0.167. The topological polar surface area (TPSA) is 135 Å². The van der Waals surface area contributed by atoms with E-state index in [0.717, 1.165) is 5.56 Å². The standard InChI is InChI=1S/C38H46BrN3O8/c1-5-7-18-29(44)40-28(23-48-4)32(26-16-12-9-13-17-26)49-37(47)30-31-35(45)42(24(3)22-43)34(38(31)20-27(39)33(30)50-38)36(46)41(19-6-2)21-25-14-10-8-11-15-25/h5-6,8-17,24,27-28,30-34,43H,1-2,7,18-23H2,3-4H3,(H,40,44)/t24-,27?,28-,30-,31+,32-,33-,34-,38+/m1/s1. The molecule has 3 saturated heterocycles. The van der Waals surface area contributed by atoms with Gasteiger partial charge in [0, 0.05) is 31.4 Å². The normalized spacial score (nSPS) is 26.8. The Kier molecular flexibility index (Phi) is 12.3. The van der Waals surface area contributed by atoms with Crippen LogP contribution in [-0.2, 0) is 39.9 Å². The van der Waals surface area contributed by atoms with E-state index in [-0.39, 0.29) is 42.8 Å². The average Bonchev–Trinajstić information content (AvgIpc) is 3.72. The van der Waals surface area contributed by atoms with Gasteiger partial charge in [-0.15, -0.1) is 13.2 Å². The van der Waals surface area contributed by atoms with Crippen LogP contribution in [0.5, 0.6) is 0 Å². The Morgan fingerprint density at radius 1 is 1.14 bits per heavy atom. The van der Waals surface area contributed by atoms with Crippen LogP contribution in [0.25, 0.3) is 0 Å². The summed E-state index contributed by atoms with van der Waals surface area (Å²) in [5, 5.41) is 13.3. The zero-order valence-electron chi connectivity index (χ0n) is 28.5. The Hall–Kier alpha value is -3.84. The molecular formula is C38H46BrN3O8. The summed E-state index contributed by atoms with van der Waals surface area (Å²) in [5.74, 6) is -3.87. The number of hydrogen-bond acceptors (Lipinski definition) is 8. The van der Waals surface area contributed by atoms with Crippen LogP contribution < -0.4 is 5.32 Å². The van der Waals surface area contributed by atoms with E-state index in [2.05, 4.69) is 34.4 Å². The molecule has 3 fully saturated rings. The smallest absolute Gasteiger partial charge is 0.313 e. The predicted octanol–water partition coefficient (Wildman–Crippen LogP) is 3.71. The highest BCUT2D eigenvalue weighted by molar-refractivity contribution is 9.09. The number of alkyl halides is 1. The van der Waals surface area contributed by atoms with Gasteiger partial charge in [0.25, 0.3) is 0 Å². The number of carbonyl (C=O) groups is 4. The summed E-state index contributed by atoms with van der Waals surface area (Å²) in [6.45, 7) is 9.34. The lowest BCUT2D eigenvalue weighted by Gasteiger charge is -2.38. The number of allylic oxidation sites excluding steroid dienone is 1. The molecule has 1 unspecified atom stereocenters. The SMILES string of the molecule is C=CCCC(=O)N[C@H](COC)[C@H](OC(=O)[C@H]1[C@@H]2O[C@@]3(CC2Br)[C@@H]1C(=O)N([C@H](C)CO)[C@@H]3C(=O)N(CC=C)Cc1ccccc1)c1ccccc1. The van der Waals surface area contributed by atoms with Crippen LogP contribution in [0.15, 0.2) is 86.0 Å². The number of aliphatic hydroxyl groups is 1. The Bertz CT molecular complexity index is 1540. The number of esters is 1. The molecule has 2 aromatic rings. The number of ether oxygens (including phenoxy) is 3. The fraction of sp³-hybridized carbons (Fsp3) is 0.474. The summed E-state index contributed by atoms with van der Waals surface area (Å²) in [6.07, 6.45) is 2.52. The van der Waals surface area contributed by atoms with Crippen LogP contribution in [0.1, 0.15) is 43.4 Å². The first-order chi connectivity index (χ1) is 24.1. The monoisotopic (exact) mass is 751 g/mol. The number of carbonyl (C=O) groups excluding carboxylic acids is 4. The van der Waals surface area contributed by atoms with E-state index in [1.165, 1.54) is 12.0 Å². The molecule has 12 heteroatoms. The molecule has 1 spiro atoms. The zero-order chi connectivity index (χ0) is 36.0. The molecule has 0 saturated carbocycles. The Balaban J connectivity index is 1.50. The van der Waals surface area contributed by atoms with E-state index in [1.54, 1.807) is 48.2 Å². The molecule has 11 nitrogen and oxygen atoms in total. The van der Waals surface area contributed by atoms with E-state index in [1.807, 2.05) is 36.4 Å². The van der Waals surface area contributed by atoms with Gasteiger partial charge < -0.3 is 34.4 Å². The molecule has 5 rings (SSSR count). The fourth-order valence-electron chi connectivity index (χ4n) is 7.67. The predicted molar refractivity (Wildman–Crippen MR) is 190 cm³/mol. The van der Waals surface area contributed by atoms with Crippen molar-refractivity contribution >= 4 is 39.6 Å². The van der Waals surface area contributed by atoms with Gasteiger partial charge in [-0.25, -0.2) is 0 Å². The lowest BCUT2D eigenvalue weighted by Crippen LogP contribution is -2.58. The van der Waals surface area contributed by atoms with Crippen LogP contribution in [-0.4, -0.2) is 100 Å². The lowest BCUT2D eigenvalue weighted by molar-refractivity contribution is -0.163. The Morgan fingerprint density at radius 2 is 1.82 bits per heavy atom. The molecule has 0 aliphatic carbocycles. The quantitative estimate of drug-likeness (QED) is 0.142. The minimum absolute atomic E-state index is 0.0452. The third-order valence-electron chi connectivity index (χ3n) is 9.85. The van der Waals surface area contributed by atoms with Crippen molar-refractivity contribution in [2.24, 2.45) is 11.8 Å². The Morgan fingerprint density at radius 3 is 2.44 bits per heavy atom. The largest absolute Gasteiger partial charge is 0.455 e. The maximum absolute atomic E-state index is 14.7. The number of amides is 3. The molecule has 2 bridgehead atoms. The number of methoxy groups -OCH3 is 1. The van der Waals surface area contributed by atoms with Gasteiger partial charge in [-0.1, -0.05) is 88.7 Å². The molecule has 3 aliphatic heterocycles. The maximum atomic E-state index is 14.7. The van der Waals surface area contributed by atoms with Crippen molar-refractivity contribution in [1.29, 1.82) is 0 Å². The second-order valence-electron chi connectivity index (χ2n) is 13.2. The first-order valence-corrected chi connectivity index (χ1v) is 17.9. The van der Waals surface area contributed by atoms with Crippen molar-refractivity contribution in [2.45, 2.75) is 73.5 Å². The third-order valence-corrected chi connectivity index (χ3v) is 10.7. The van der Waals surface area contributed by atoms with Crippen LogP contribution in [0, 0.1) is 11.8 Å². The molecule has 268 valence electrons. The molecule has 0 aromatic heterocycles. The van der Waals surface area contributed by atoms with Crippen LogP contribution in [0.4, 0.5) is 0 Å². The van der Waals surface area contributed by atoms with Crippen molar-refractivity contribution in [1.82, 2.24) is 15.1 Å². The summed E-state index contributed by atoms with van der Waals surface area (Å²) in [4.78, 5) is 59.2. The number of likely N-dealkylation sites (tertiary alicyclic amines) is 1. The van der Waals surface area contributed by atoms with E-state index in [4.69, 9.17) is 14.2 Å². The lowest BCUT2D eigenvalue weighted by atomic mass is 9.70. The second-order valence-corrected chi connectivity index (χ2v) is 14.3. The van der Waals surface area contributed by atoms with Gasteiger partial charge in [-0.2, -0.15) is 0 Å². The van der Waals surface area contributed by atoms with E-state index < -0.39 is 66.3 Å². The third kappa shape index (κ3) is 7.30. The van der Waals surface area contributed by atoms with Gasteiger partial charge in [0.2, 0.25) is 17.7 Å². The minimum atomic E-state index is -1.36. The molecule has 3 aliphatic rings. The van der Waals surface area contributed by atoms with Crippen molar-refractivity contribution in [3.05, 3.63) is 97.1 Å². The summed E-state index contributed by atoms with van der Waals surface area (Å²) >= 11 is 3.71. The van der Waals surface area contributed by atoms with Gasteiger partial charge in [-0.05, 0) is 30.9 Å². The van der Waals surface area contributed by atoms with Crippen molar-refractivity contribution in [3.63, 3.8) is 0 Å². The molecular weight excluding hydrogens is 706 g/mol. The number of benzene rings is 2. The number of fused-ring (bicyclic) bond motifs is 1. The van der Waals surface area contributed by atoms with Gasteiger partial charge in [-0.3, -0.25) is 19.2 Å². The van der Waals surface area contributed by atoms with Crippen LogP contribution >= 0.6 is 15.9 Å². The molecule has 3 amide bonds. The number of nitrogens with zero attached hydrogens (tertiary/aromatic N) is 2. The fourth-order valence-corrected chi connectivity index (χ4v) is 8.61. The summed E-state index contributed by atoms with van der Waals surface area (Å²) < 4.78 is 18.4. The first kappa shape index (κ1) is 37.4. The van der Waals surface area contributed by atoms with Crippen molar-refractivity contribution < 1.29 is 38.5 Å². The molecule has 2 N–H and O–H groups in total. The highest BCUT2D eigenvalue weighted by Gasteiger charge is 2.77. The van der Waals surface area contributed by atoms with E-state index in [0.29, 0.717) is 18.4 Å². The van der Waals surface area contributed by atoms with E-state index in [9.17, 15) is 24.3 Å². The number of nitrogens with one attached hydrogen (secondary N) is 1. The molecule has 2 aromatic carbocycles. The summed E-state index contributed by atoms with van der Waals surface area (Å²) in [7, 11) is 1.49. The number of aliphatic hydroxyl groups excluding tert-OH is 1. The minimum Gasteiger partial charge on any atom is -0.455 e. The van der Waals surface area contributed by atoms with Crippen LogP contribution in [0.3, 0.4) is 0 Å². The average molecular weight is 753 g/mol. The summed E-state index contributed by atoms with van der Waals surface area (Å²) in [6, 6.07) is 15.9. The van der Waals surface area contributed by atoms with Gasteiger partial charge >= 0.3 is 5.97 Å². The highest BCUT2D eigenvalue weighted by Crippen LogP contribution is 2.61. The molecule has 3 heterocycles. The molecule has 0 radical (unpaired) electrons. The Labute approximate surface area is 301 Å². The van der Waals surface area contributed by atoms with E-state index >= 15 is 0 Å². The molecule has 9 atom stereocenters. The van der Waals surface area contributed by atoms with Gasteiger partial charge in [0.1, 0.15) is 17.7 Å². The van der Waals surface area contributed by atoms with Gasteiger partial charge in [0.15, 0.2) is 0 Å². The molecule has 50 heavy (non-hydrogen) atoms. The van der Waals surface area contributed by atoms with Crippen molar-refractivity contribution in [2.75, 3.05) is 26.9 Å². The highest BCUT2D eigenvalue weighted by atomic mass is 79.9.